The fourth-order valence-electron chi connectivity index (χ4n) is 14.7. The molecule has 99 heavy (non-hydrogen) atoms. The minimum Gasteiger partial charge on any atom is -0.394 e. The number of aliphatic hydroxyl groups excluding tert-OH is 11. The molecule has 0 aromatic heterocycles. The van der Waals surface area contributed by atoms with Gasteiger partial charge in [-0.1, -0.05) is 354 Å². The van der Waals surface area contributed by atoms with Gasteiger partial charge in [-0.25, -0.2) is 0 Å². The molecule has 588 valence electrons. The maximum Gasteiger partial charge on any atom is 0.220 e. The lowest BCUT2D eigenvalue weighted by Gasteiger charge is -2.48. The minimum atomic E-state index is -1.97. The van der Waals surface area contributed by atoms with Gasteiger partial charge >= 0.3 is 0 Å². The smallest absolute Gasteiger partial charge is 0.220 e. The summed E-state index contributed by atoms with van der Waals surface area (Å²) in [5, 5.41) is 121. The van der Waals surface area contributed by atoms with Gasteiger partial charge < -0.3 is 89.9 Å². The predicted octanol–water partition coefficient (Wildman–Crippen LogP) is 14.2. The first-order chi connectivity index (χ1) is 48.3. The molecule has 0 spiro atoms. The van der Waals surface area contributed by atoms with E-state index in [1.165, 1.54) is 295 Å². The number of ether oxygens (including phenoxy) is 6. The Kier molecular flexibility index (Phi) is 57.5. The summed E-state index contributed by atoms with van der Waals surface area (Å²) in [7, 11) is 0. The molecule has 3 rings (SSSR count). The first-order valence-electron chi connectivity index (χ1n) is 41.8. The highest BCUT2D eigenvalue weighted by Crippen LogP contribution is 2.34. The van der Waals surface area contributed by atoms with Gasteiger partial charge in [0.05, 0.1) is 38.6 Å². The molecule has 12 N–H and O–H groups in total. The molecule has 0 aromatic rings. The van der Waals surface area contributed by atoms with Gasteiger partial charge in [-0.2, -0.15) is 0 Å². The monoisotopic (exact) mass is 1420 g/mol. The minimum absolute atomic E-state index is 0.232. The van der Waals surface area contributed by atoms with Crippen LogP contribution in [0.5, 0.6) is 0 Å². The fourth-order valence-corrected chi connectivity index (χ4v) is 14.7. The molecule has 0 bridgehead atoms. The van der Waals surface area contributed by atoms with Crippen LogP contribution in [0.1, 0.15) is 373 Å². The SMILES string of the molecule is CCCCCCCCCCCCCCCCCCCCCCCCCCCCCCCCCCCCC(=O)NC(COC1OC(CO)C(OC2OC(CO)C(OC3OC(CO)C(O)C(O)C3O)C(O)C2O)C(O)C1O)C(O)CCCCCCCCCCCCCCCCCCCCCC. The van der Waals surface area contributed by atoms with E-state index in [4.69, 9.17) is 28.4 Å². The van der Waals surface area contributed by atoms with Crippen LogP contribution in [-0.2, 0) is 33.2 Å². The molecule has 3 fully saturated rings. The molecule has 0 aliphatic carbocycles. The van der Waals surface area contributed by atoms with Crippen LogP contribution in [0.4, 0.5) is 0 Å². The van der Waals surface area contributed by atoms with Crippen LogP contribution in [0.3, 0.4) is 0 Å². The van der Waals surface area contributed by atoms with Crippen molar-refractivity contribution >= 4 is 5.91 Å². The number of unbranched alkanes of at least 4 members (excludes halogenated alkanes) is 52. The van der Waals surface area contributed by atoms with E-state index in [1.54, 1.807) is 0 Å². The molecule has 19 heteroatoms. The van der Waals surface area contributed by atoms with Crippen LogP contribution in [0.2, 0.25) is 0 Å². The quantitative estimate of drug-likeness (QED) is 0.0252. The molecule has 3 aliphatic heterocycles. The summed E-state index contributed by atoms with van der Waals surface area (Å²) in [5.74, 6) is -0.232. The molecule has 19 nitrogen and oxygen atoms in total. The summed E-state index contributed by atoms with van der Waals surface area (Å²) in [6.45, 7) is 1.87. The van der Waals surface area contributed by atoms with Crippen LogP contribution in [0.15, 0.2) is 0 Å². The summed E-state index contributed by atoms with van der Waals surface area (Å²) in [6.07, 6.45) is 45.0. The van der Waals surface area contributed by atoms with E-state index in [0.717, 1.165) is 44.9 Å². The highest BCUT2D eigenvalue weighted by Gasteiger charge is 2.54. The molecule has 3 aliphatic rings. The van der Waals surface area contributed by atoms with Gasteiger partial charge in [-0.3, -0.25) is 4.79 Å². The van der Waals surface area contributed by atoms with Crippen molar-refractivity contribution in [3.8, 4) is 0 Å². The highest BCUT2D eigenvalue weighted by molar-refractivity contribution is 5.76. The molecule has 1 amide bonds. The molecule has 0 aromatic carbocycles. The average Bonchev–Trinajstić information content (AvgIpc) is 0.786. The summed E-state index contributed by atoms with van der Waals surface area (Å²) < 4.78 is 34.5. The number of aliphatic hydroxyl groups is 11. The first kappa shape index (κ1) is 92.0. The Hall–Kier alpha value is -1.21. The zero-order valence-electron chi connectivity index (χ0n) is 63.0. The maximum atomic E-state index is 13.5. The Bertz CT molecular complexity index is 1790. The van der Waals surface area contributed by atoms with Crippen molar-refractivity contribution in [1.82, 2.24) is 5.32 Å². The predicted molar refractivity (Wildman–Crippen MR) is 393 cm³/mol. The van der Waals surface area contributed by atoms with Crippen LogP contribution in [-0.4, -0.2) is 193 Å². The molecule has 0 radical (unpaired) electrons. The Balaban J connectivity index is 1.32. The van der Waals surface area contributed by atoms with Crippen molar-refractivity contribution in [2.24, 2.45) is 0 Å². The molecular weight excluding hydrogens is 1260 g/mol. The number of amides is 1. The van der Waals surface area contributed by atoms with Gasteiger partial charge in [0.25, 0.3) is 0 Å². The second-order valence-corrected chi connectivity index (χ2v) is 30.3. The fraction of sp³-hybridized carbons (Fsp3) is 0.988. The summed E-state index contributed by atoms with van der Waals surface area (Å²) in [6, 6.07) is -0.883. The Morgan fingerprint density at radius 3 is 0.879 bits per heavy atom. The zero-order chi connectivity index (χ0) is 71.8. The van der Waals surface area contributed by atoms with Crippen molar-refractivity contribution in [1.29, 1.82) is 0 Å². The lowest BCUT2D eigenvalue weighted by atomic mass is 9.96. The molecule has 17 unspecified atom stereocenters. The van der Waals surface area contributed by atoms with Crippen molar-refractivity contribution < 1.29 is 89.4 Å². The van der Waals surface area contributed by atoms with E-state index < -0.39 is 124 Å². The van der Waals surface area contributed by atoms with Crippen LogP contribution < -0.4 is 5.32 Å². The number of carbonyl (C=O) groups excluding carboxylic acids is 1. The highest BCUT2D eigenvalue weighted by atomic mass is 16.8. The van der Waals surface area contributed by atoms with Gasteiger partial charge in [-0.05, 0) is 12.8 Å². The third kappa shape index (κ3) is 42.1. The third-order valence-electron chi connectivity index (χ3n) is 21.4. The Morgan fingerprint density at radius 2 is 0.576 bits per heavy atom. The van der Waals surface area contributed by atoms with Crippen molar-refractivity contribution in [3.63, 3.8) is 0 Å². The Morgan fingerprint density at radius 1 is 0.323 bits per heavy atom. The topological polar surface area (TPSA) is 307 Å². The van der Waals surface area contributed by atoms with Crippen LogP contribution in [0, 0.1) is 0 Å². The van der Waals surface area contributed by atoms with Crippen molar-refractivity contribution in [2.75, 3.05) is 26.4 Å². The van der Waals surface area contributed by atoms with Crippen LogP contribution >= 0.6 is 0 Å². The second kappa shape index (κ2) is 61.9. The van der Waals surface area contributed by atoms with Gasteiger partial charge in [0.15, 0.2) is 18.9 Å². The number of rotatable bonds is 68. The van der Waals surface area contributed by atoms with E-state index >= 15 is 0 Å². The summed E-state index contributed by atoms with van der Waals surface area (Å²) in [4.78, 5) is 13.5. The van der Waals surface area contributed by atoms with Crippen molar-refractivity contribution in [2.45, 2.75) is 478 Å². The molecule has 0 saturated carbocycles. The number of carbonyl (C=O) groups is 1. The summed E-state index contributed by atoms with van der Waals surface area (Å²) >= 11 is 0. The van der Waals surface area contributed by atoms with Gasteiger partial charge in [0.1, 0.15) is 73.2 Å². The van der Waals surface area contributed by atoms with E-state index in [0.29, 0.717) is 12.8 Å². The van der Waals surface area contributed by atoms with Gasteiger partial charge in [0, 0.05) is 6.42 Å². The van der Waals surface area contributed by atoms with E-state index in [2.05, 4.69) is 19.2 Å². The molecule has 3 saturated heterocycles. The number of hydrogen-bond donors (Lipinski definition) is 12. The van der Waals surface area contributed by atoms with Gasteiger partial charge in [0.2, 0.25) is 5.91 Å². The molecular formula is C80H155NO18. The van der Waals surface area contributed by atoms with E-state index in [9.17, 15) is 61.0 Å². The molecule has 3 heterocycles. The number of hydrogen-bond acceptors (Lipinski definition) is 18. The third-order valence-corrected chi connectivity index (χ3v) is 21.4. The van der Waals surface area contributed by atoms with E-state index in [1.807, 2.05) is 0 Å². The second-order valence-electron chi connectivity index (χ2n) is 30.3. The zero-order valence-corrected chi connectivity index (χ0v) is 63.0. The lowest BCUT2D eigenvalue weighted by Crippen LogP contribution is -2.66. The first-order valence-corrected chi connectivity index (χ1v) is 41.8. The van der Waals surface area contributed by atoms with Crippen LogP contribution in [0.25, 0.3) is 0 Å². The van der Waals surface area contributed by atoms with E-state index in [-0.39, 0.29) is 18.9 Å². The normalized spacial score (nSPS) is 26.5. The molecule has 17 atom stereocenters. The summed E-state index contributed by atoms with van der Waals surface area (Å²) in [5.41, 5.74) is 0. The number of nitrogens with one attached hydrogen (secondary N) is 1. The maximum absolute atomic E-state index is 13.5. The van der Waals surface area contributed by atoms with Crippen molar-refractivity contribution in [3.05, 3.63) is 0 Å². The Labute approximate surface area is 602 Å². The standard InChI is InChI=1S/C80H155NO18/c1-3-5-7-9-11-13-15-17-19-21-23-25-26-27-28-29-30-31-32-33-34-35-36-37-38-40-42-44-46-48-50-52-54-56-58-68(86)81-63(64(85)57-55-53-51-49-47-45-43-41-39-24-22-20-18-16-14-12-10-8-6-4-2)62-94-78-74(92)71(89)76(66(60-83)96-78)99-80-75(93)72(90)77(67(61-84)97-80)98-79-73(91)70(88)69(87)65(59-82)95-79/h63-67,69-80,82-85,87-93H,3-62H2,1-2H3,(H,81,86). The average molecular weight is 1420 g/mol. The lowest BCUT2D eigenvalue weighted by molar-refractivity contribution is -0.379. The van der Waals surface area contributed by atoms with Gasteiger partial charge in [-0.15, -0.1) is 0 Å². The largest absolute Gasteiger partial charge is 0.394 e.